The van der Waals surface area contributed by atoms with Crippen LogP contribution in [0, 0.1) is 5.82 Å². The van der Waals surface area contributed by atoms with Crippen LogP contribution in [0.1, 0.15) is 17.5 Å². The molecule has 0 aliphatic carbocycles. The monoisotopic (exact) mass is 304 g/mol. The molecule has 0 aliphatic heterocycles. The van der Waals surface area contributed by atoms with E-state index in [4.69, 9.17) is 9.47 Å². The Kier molecular flexibility index (Phi) is 6.37. The van der Waals surface area contributed by atoms with Gasteiger partial charge < -0.3 is 14.6 Å². The zero-order valence-electron chi connectivity index (χ0n) is 12.7. The molecule has 22 heavy (non-hydrogen) atoms. The van der Waals surface area contributed by atoms with Gasteiger partial charge in [0, 0.05) is 0 Å². The summed E-state index contributed by atoms with van der Waals surface area (Å²) in [5.41, 5.74) is 1.83. The van der Waals surface area contributed by atoms with Crippen molar-refractivity contribution in [3.05, 3.63) is 65.5 Å². The molecule has 0 aliphatic rings. The largest absolute Gasteiger partial charge is 0.496 e. The van der Waals surface area contributed by atoms with E-state index >= 15 is 0 Å². The topological polar surface area (TPSA) is 38.7 Å². The maximum Gasteiger partial charge on any atom is 0.123 e. The third-order valence-electron chi connectivity index (χ3n) is 3.41. The maximum absolute atomic E-state index is 13.3. The minimum Gasteiger partial charge on any atom is -0.496 e. The number of methoxy groups -OCH3 is 1. The van der Waals surface area contributed by atoms with Crippen molar-refractivity contribution in [1.82, 2.24) is 0 Å². The zero-order valence-corrected chi connectivity index (χ0v) is 12.7. The predicted molar refractivity (Wildman–Crippen MR) is 83.4 cm³/mol. The van der Waals surface area contributed by atoms with Crippen LogP contribution in [0.15, 0.2) is 48.5 Å². The van der Waals surface area contributed by atoms with E-state index < -0.39 is 6.10 Å². The van der Waals surface area contributed by atoms with Gasteiger partial charge in [-0.2, -0.15) is 0 Å². The molecule has 0 spiro atoms. The lowest BCUT2D eigenvalue weighted by Gasteiger charge is -2.13. The van der Waals surface area contributed by atoms with E-state index in [2.05, 4.69) is 0 Å². The van der Waals surface area contributed by atoms with Gasteiger partial charge in [0.05, 0.1) is 26.4 Å². The fourth-order valence-corrected chi connectivity index (χ4v) is 2.24. The van der Waals surface area contributed by atoms with Gasteiger partial charge >= 0.3 is 0 Å². The lowest BCUT2D eigenvalue weighted by atomic mass is 10.1. The number of aliphatic hydroxyl groups is 1. The first-order chi connectivity index (χ1) is 10.7. The second kappa shape index (κ2) is 8.51. The highest BCUT2D eigenvalue weighted by Gasteiger charge is 2.09. The van der Waals surface area contributed by atoms with Crippen molar-refractivity contribution in [2.24, 2.45) is 0 Å². The van der Waals surface area contributed by atoms with Crippen LogP contribution in [0.3, 0.4) is 0 Å². The summed E-state index contributed by atoms with van der Waals surface area (Å²) in [4.78, 5) is 0. The lowest BCUT2D eigenvalue weighted by Crippen LogP contribution is -2.16. The Bertz CT molecular complexity index is 572. The maximum atomic E-state index is 13.3. The van der Waals surface area contributed by atoms with E-state index in [1.165, 1.54) is 12.1 Å². The van der Waals surface area contributed by atoms with Gasteiger partial charge in [-0.3, -0.25) is 0 Å². The summed E-state index contributed by atoms with van der Waals surface area (Å²) in [6, 6.07) is 14.2. The number of hydrogen-bond acceptors (Lipinski definition) is 3. The zero-order chi connectivity index (χ0) is 15.8. The summed E-state index contributed by atoms with van der Waals surface area (Å²) in [6.45, 7) is 0.730. The van der Waals surface area contributed by atoms with E-state index in [0.29, 0.717) is 25.2 Å². The van der Waals surface area contributed by atoms with Crippen molar-refractivity contribution in [3.8, 4) is 5.75 Å². The second-order valence-corrected chi connectivity index (χ2v) is 5.15. The number of aliphatic hydroxyl groups excluding tert-OH is 1. The van der Waals surface area contributed by atoms with Crippen LogP contribution in [0.4, 0.5) is 4.39 Å². The van der Waals surface area contributed by atoms with Crippen LogP contribution in [0.2, 0.25) is 0 Å². The lowest BCUT2D eigenvalue weighted by molar-refractivity contribution is 0.0247. The predicted octanol–water partition coefficient (Wildman–Crippen LogP) is 3.34. The molecule has 2 aromatic carbocycles. The molecule has 0 radical (unpaired) electrons. The molecule has 0 bridgehead atoms. The Balaban J connectivity index is 1.76. The number of ether oxygens (including phenoxy) is 2. The van der Waals surface area contributed by atoms with Gasteiger partial charge in [0.15, 0.2) is 0 Å². The number of hydrogen-bond donors (Lipinski definition) is 1. The van der Waals surface area contributed by atoms with E-state index in [0.717, 1.165) is 11.1 Å². The summed E-state index contributed by atoms with van der Waals surface area (Å²) < 4.78 is 23.9. The summed E-state index contributed by atoms with van der Waals surface area (Å²) in [5, 5.41) is 9.96. The first-order valence-electron chi connectivity index (χ1n) is 7.31. The fraction of sp³-hybridized carbons (Fsp3) is 0.333. The summed E-state index contributed by atoms with van der Waals surface area (Å²) in [6.07, 6.45) is 0.447. The first-order valence-corrected chi connectivity index (χ1v) is 7.31. The third-order valence-corrected chi connectivity index (χ3v) is 3.41. The molecule has 0 amide bonds. The van der Waals surface area contributed by atoms with E-state index in [-0.39, 0.29) is 12.4 Å². The molecule has 0 heterocycles. The van der Waals surface area contributed by atoms with E-state index in [9.17, 15) is 9.50 Å². The molecule has 0 saturated heterocycles. The minimum absolute atomic E-state index is 0.256. The van der Waals surface area contributed by atoms with Crippen molar-refractivity contribution in [3.63, 3.8) is 0 Å². The van der Waals surface area contributed by atoms with Crippen LogP contribution < -0.4 is 4.74 Å². The van der Waals surface area contributed by atoms with Gasteiger partial charge in [-0.05, 0) is 42.2 Å². The van der Waals surface area contributed by atoms with E-state index in [1.54, 1.807) is 13.2 Å². The standard InChI is InChI=1S/C18H21FO3/c1-21-18-10-8-16(19)11-15(18)7-9-17(20)13-22-12-14-5-3-2-4-6-14/h2-6,8,10-11,17,20H,7,9,12-13H2,1H3/t17-/m0/s1. The van der Waals surface area contributed by atoms with Gasteiger partial charge in [0.1, 0.15) is 11.6 Å². The summed E-state index contributed by atoms with van der Waals surface area (Å²) in [5.74, 6) is 0.337. The molecule has 1 N–H and O–H groups in total. The highest BCUT2D eigenvalue weighted by molar-refractivity contribution is 5.34. The summed E-state index contributed by atoms with van der Waals surface area (Å²) >= 11 is 0. The van der Waals surface area contributed by atoms with Gasteiger partial charge in [0.25, 0.3) is 0 Å². The molecule has 0 unspecified atom stereocenters. The van der Waals surface area contributed by atoms with Crippen LogP contribution >= 0.6 is 0 Å². The van der Waals surface area contributed by atoms with Crippen molar-refractivity contribution in [2.75, 3.05) is 13.7 Å². The summed E-state index contributed by atoms with van der Waals surface area (Å²) in [7, 11) is 1.55. The Labute approximate surface area is 130 Å². The molecule has 118 valence electrons. The quantitative estimate of drug-likeness (QED) is 0.813. The average molecular weight is 304 g/mol. The van der Waals surface area contributed by atoms with Gasteiger partial charge in [-0.15, -0.1) is 0 Å². The number of rotatable bonds is 8. The Morgan fingerprint density at radius 1 is 1.14 bits per heavy atom. The fourth-order valence-electron chi connectivity index (χ4n) is 2.24. The second-order valence-electron chi connectivity index (χ2n) is 5.15. The van der Waals surface area contributed by atoms with Gasteiger partial charge in [0.2, 0.25) is 0 Å². The highest BCUT2D eigenvalue weighted by Crippen LogP contribution is 2.21. The van der Waals surface area contributed by atoms with Crippen LogP contribution in [0.25, 0.3) is 0 Å². The molecular formula is C18H21FO3. The molecule has 0 fully saturated rings. The number of benzene rings is 2. The molecule has 2 aromatic rings. The Hall–Kier alpha value is -1.91. The van der Waals surface area contributed by atoms with Gasteiger partial charge in [-0.1, -0.05) is 30.3 Å². The molecule has 4 heteroatoms. The molecule has 1 atom stereocenters. The van der Waals surface area contributed by atoms with Crippen LogP contribution in [-0.2, 0) is 17.8 Å². The average Bonchev–Trinajstić information content (AvgIpc) is 2.54. The highest BCUT2D eigenvalue weighted by atomic mass is 19.1. The first kappa shape index (κ1) is 16.5. The van der Waals surface area contributed by atoms with Crippen molar-refractivity contribution < 1.29 is 19.0 Å². The molecule has 2 rings (SSSR count). The Morgan fingerprint density at radius 3 is 2.64 bits per heavy atom. The van der Waals surface area contributed by atoms with Crippen LogP contribution in [-0.4, -0.2) is 24.9 Å². The van der Waals surface area contributed by atoms with E-state index in [1.807, 2.05) is 30.3 Å². The molecule has 0 saturated carbocycles. The van der Waals surface area contributed by atoms with Crippen molar-refractivity contribution >= 4 is 0 Å². The minimum atomic E-state index is -0.586. The molecule has 0 aromatic heterocycles. The SMILES string of the molecule is COc1ccc(F)cc1CC[C@H](O)COCc1ccccc1. The normalized spacial score (nSPS) is 12.1. The van der Waals surface area contributed by atoms with Crippen molar-refractivity contribution in [2.45, 2.75) is 25.6 Å². The van der Waals surface area contributed by atoms with Crippen LogP contribution in [0.5, 0.6) is 5.75 Å². The Morgan fingerprint density at radius 2 is 1.91 bits per heavy atom. The van der Waals surface area contributed by atoms with Crippen molar-refractivity contribution in [1.29, 1.82) is 0 Å². The molecule has 3 nitrogen and oxygen atoms in total. The third kappa shape index (κ3) is 5.13. The smallest absolute Gasteiger partial charge is 0.123 e. The van der Waals surface area contributed by atoms with Gasteiger partial charge in [-0.25, -0.2) is 4.39 Å². The molecular weight excluding hydrogens is 283 g/mol. The number of halogens is 1. The number of aryl methyl sites for hydroxylation is 1.